The van der Waals surface area contributed by atoms with Crippen LogP contribution >= 0.6 is 0 Å². The van der Waals surface area contributed by atoms with E-state index in [0.29, 0.717) is 16.4 Å². The number of hydrogen-bond acceptors (Lipinski definition) is 5. The molecule has 0 spiro atoms. The lowest BCUT2D eigenvalue weighted by Gasteiger charge is -2.20. The highest BCUT2D eigenvalue weighted by atomic mass is 16.7. The monoisotopic (exact) mass is 373 g/mol. The number of hydrogen-bond donors (Lipinski definition) is 0. The molecule has 1 unspecified atom stereocenters. The predicted molar refractivity (Wildman–Crippen MR) is 99.3 cm³/mol. The fraction of sp³-hybridized carbons (Fsp3) is 0.0455. The SMILES string of the molecule is O=C(ON1C(=O)c2ccccc2C1=O)C(Oc1ccccc1)c1ccccc1. The zero-order chi connectivity index (χ0) is 19.5. The Labute approximate surface area is 160 Å². The molecule has 6 nitrogen and oxygen atoms in total. The van der Waals surface area contributed by atoms with Crippen LogP contribution < -0.4 is 4.74 Å². The summed E-state index contributed by atoms with van der Waals surface area (Å²) in [6.07, 6.45) is -1.15. The minimum Gasteiger partial charge on any atom is -0.474 e. The summed E-state index contributed by atoms with van der Waals surface area (Å²) in [7, 11) is 0. The summed E-state index contributed by atoms with van der Waals surface area (Å²) >= 11 is 0. The third-order valence-electron chi connectivity index (χ3n) is 4.25. The first kappa shape index (κ1) is 17.5. The van der Waals surface area contributed by atoms with Gasteiger partial charge in [-0.05, 0) is 24.3 Å². The van der Waals surface area contributed by atoms with Crippen molar-refractivity contribution in [3.8, 4) is 5.75 Å². The highest BCUT2D eigenvalue weighted by Crippen LogP contribution is 2.27. The van der Waals surface area contributed by atoms with Crippen molar-refractivity contribution in [1.82, 2.24) is 5.06 Å². The van der Waals surface area contributed by atoms with Crippen molar-refractivity contribution in [1.29, 1.82) is 0 Å². The van der Waals surface area contributed by atoms with Crippen LogP contribution in [0.4, 0.5) is 0 Å². The van der Waals surface area contributed by atoms with Gasteiger partial charge < -0.3 is 9.57 Å². The third kappa shape index (κ3) is 3.23. The highest BCUT2D eigenvalue weighted by molar-refractivity contribution is 6.20. The van der Waals surface area contributed by atoms with Gasteiger partial charge in [0.05, 0.1) is 11.1 Å². The van der Waals surface area contributed by atoms with Crippen molar-refractivity contribution in [2.75, 3.05) is 0 Å². The molecule has 3 aromatic rings. The topological polar surface area (TPSA) is 72.9 Å². The van der Waals surface area contributed by atoms with Crippen LogP contribution in [0.1, 0.15) is 32.4 Å². The average Bonchev–Trinajstić information content (AvgIpc) is 2.98. The maximum atomic E-state index is 12.9. The maximum Gasteiger partial charge on any atom is 0.377 e. The third-order valence-corrected chi connectivity index (χ3v) is 4.25. The lowest BCUT2D eigenvalue weighted by atomic mass is 10.1. The standard InChI is InChI=1S/C22H15NO5/c24-20-17-13-7-8-14-18(17)21(25)23(20)28-22(26)19(15-9-3-1-4-10-15)27-16-11-5-2-6-12-16/h1-14,19H. The molecule has 0 saturated heterocycles. The molecule has 0 fully saturated rings. The van der Waals surface area contributed by atoms with E-state index in [-0.39, 0.29) is 11.1 Å². The first-order chi connectivity index (χ1) is 13.6. The second-order valence-electron chi connectivity index (χ2n) is 6.08. The molecule has 0 saturated carbocycles. The first-order valence-electron chi connectivity index (χ1n) is 8.61. The molecule has 4 rings (SSSR count). The van der Waals surface area contributed by atoms with Gasteiger partial charge in [0.15, 0.2) is 0 Å². The Balaban J connectivity index is 1.60. The van der Waals surface area contributed by atoms with Gasteiger partial charge in [-0.1, -0.05) is 65.7 Å². The molecule has 2 amide bonds. The zero-order valence-corrected chi connectivity index (χ0v) is 14.6. The van der Waals surface area contributed by atoms with E-state index in [1.807, 2.05) is 6.07 Å². The van der Waals surface area contributed by atoms with Crippen LogP contribution in [-0.2, 0) is 9.63 Å². The summed E-state index contributed by atoms with van der Waals surface area (Å²) in [6.45, 7) is 0. The quantitative estimate of drug-likeness (QED) is 0.640. The van der Waals surface area contributed by atoms with Crippen LogP contribution in [-0.4, -0.2) is 22.8 Å². The van der Waals surface area contributed by atoms with Gasteiger partial charge in [0.1, 0.15) is 5.75 Å². The molecule has 0 aliphatic carbocycles. The second kappa shape index (κ2) is 7.36. The van der Waals surface area contributed by atoms with Gasteiger partial charge in [0, 0.05) is 5.56 Å². The summed E-state index contributed by atoms with van der Waals surface area (Å²) in [5, 5.41) is 0.483. The molecule has 1 aliphatic rings. The van der Waals surface area contributed by atoms with Gasteiger partial charge in [-0.2, -0.15) is 0 Å². The Hall–Kier alpha value is -3.93. The number of nitrogens with zero attached hydrogens (tertiary/aromatic N) is 1. The number of rotatable bonds is 5. The van der Waals surface area contributed by atoms with Gasteiger partial charge in [-0.15, -0.1) is 0 Å². The lowest BCUT2D eigenvalue weighted by molar-refractivity contribution is -0.177. The summed E-state index contributed by atoms with van der Waals surface area (Å²) in [4.78, 5) is 42.9. The van der Waals surface area contributed by atoms with Gasteiger partial charge >= 0.3 is 5.97 Å². The summed E-state index contributed by atoms with van der Waals surface area (Å²) in [6, 6.07) is 23.8. The molecule has 0 bridgehead atoms. The molecule has 0 N–H and O–H groups in total. The van der Waals surface area contributed by atoms with Gasteiger partial charge in [-0.3, -0.25) is 9.59 Å². The fourth-order valence-corrected chi connectivity index (χ4v) is 2.90. The molecule has 6 heteroatoms. The van der Waals surface area contributed by atoms with Crippen LogP contribution in [0, 0.1) is 0 Å². The van der Waals surface area contributed by atoms with E-state index in [9.17, 15) is 14.4 Å². The van der Waals surface area contributed by atoms with Crippen molar-refractivity contribution in [3.05, 3.63) is 102 Å². The van der Waals surface area contributed by atoms with Gasteiger partial charge in [-0.25, -0.2) is 4.79 Å². The Morgan fingerprint density at radius 1 is 0.714 bits per heavy atom. The Morgan fingerprint density at radius 2 is 1.21 bits per heavy atom. The molecular weight excluding hydrogens is 358 g/mol. The number of carbonyl (C=O) groups is 3. The molecule has 0 radical (unpaired) electrons. The van der Waals surface area contributed by atoms with Crippen LogP contribution in [0.2, 0.25) is 0 Å². The lowest BCUT2D eigenvalue weighted by Crippen LogP contribution is -2.35. The molecular formula is C22H15NO5. The number of amides is 2. The maximum absolute atomic E-state index is 12.9. The molecule has 1 aliphatic heterocycles. The summed E-state index contributed by atoms with van der Waals surface area (Å²) in [5.41, 5.74) is 0.925. The van der Waals surface area contributed by atoms with Crippen molar-refractivity contribution in [2.24, 2.45) is 0 Å². The molecule has 3 aromatic carbocycles. The van der Waals surface area contributed by atoms with Crippen LogP contribution in [0.3, 0.4) is 0 Å². The predicted octanol–water partition coefficient (Wildman–Crippen LogP) is 3.56. The van der Waals surface area contributed by atoms with Gasteiger partial charge in [0.25, 0.3) is 11.8 Å². The zero-order valence-electron chi connectivity index (χ0n) is 14.6. The number of carbonyl (C=O) groups excluding carboxylic acids is 3. The van der Waals surface area contributed by atoms with Crippen molar-refractivity contribution >= 4 is 17.8 Å². The van der Waals surface area contributed by atoms with E-state index in [1.54, 1.807) is 66.7 Å². The largest absolute Gasteiger partial charge is 0.474 e. The van der Waals surface area contributed by atoms with E-state index >= 15 is 0 Å². The number of hydroxylamine groups is 2. The smallest absolute Gasteiger partial charge is 0.377 e. The second-order valence-corrected chi connectivity index (χ2v) is 6.08. The van der Waals surface area contributed by atoms with E-state index in [0.717, 1.165) is 0 Å². The van der Waals surface area contributed by atoms with Gasteiger partial charge in [0.2, 0.25) is 6.10 Å². The Bertz CT molecular complexity index is 998. The van der Waals surface area contributed by atoms with E-state index in [4.69, 9.17) is 9.57 Å². The van der Waals surface area contributed by atoms with Crippen molar-refractivity contribution < 1.29 is 24.0 Å². The van der Waals surface area contributed by atoms with E-state index in [2.05, 4.69) is 0 Å². The van der Waals surface area contributed by atoms with E-state index in [1.165, 1.54) is 12.1 Å². The van der Waals surface area contributed by atoms with Crippen molar-refractivity contribution in [2.45, 2.75) is 6.10 Å². The number of fused-ring (bicyclic) bond motifs is 1. The number of para-hydroxylation sites is 1. The van der Waals surface area contributed by atoms with Crippen LogP contribution in [0.5, 0.6) is 5.75 Å². The molecule has 0 aromatic heterocycles. The molecule has 1 atom stereocenters. The molecule has 1 heterocycles. The van der Waals surface area contributed by atoms with Crippen LogP contribution in [0.15, 0.2) is 84.9 Å². The molecule has 138 valence electrons. The number of ether oxygens (including phenoxy) is 1. The first-order valence-corrected chi connectivity index (χ1v) is 8.61. The number of benzene rings is 3. The van der Waals surface area contributed by atoms with Crippen molar-refractivity contribution in [3.63, 3.8) is 0 Å². The summed E-state index contributed by atoms with van der Waals surface area (Å²) in [5.74, 6) is -1.78. The average molecular weight is 373 g/mol. The highest BCUT2D eigenvalue weighted by Gasteiger charge is 2.40. The normalized spacial score (nSPS) is 13.8. The minimum atomic E-state index is -1.15. The Kier molecular flexibility index (Phi) is 4.60. The van der Waals surface area contributed by atoms with E-state index < -0.39 is 23.9 Å². The van der Waals surface area contributed by atoms with Crippen LogP contribution in [0.25, 0.3) is 0 Å². The fourth-order valence-electron chi connectivity index (χ4n) is 2.90. The molecule has 28 heavy (non-hydrogen) atoms. The number of imide groups is 1. The Morgan fingerprint density at radius 3 is 1.79 bits per heavy atom. The summed E-state index contributed by atoms with van der Waals surface area (Å²) < 4.78 is 5.80. The minimum absolute atomic E-state index is 0.195.